The third kappa shape index (κ3) is 5.51. The van der Waals surface area contributed by atoms with Gasteiger partial charge in [-0.2, -0.15) is 0 Å². The van der Waals surface area contributed by atoms with Crippen molar-refractivity contribution in [2.75, 3.05) is 37.6 Å². The van der Waals surface area contributed by atoms with Crippen molar-refractivity contribution < 1.29 is 4.79 Å². The quantitative estimate of drug-likeness (QED) is 0.662. The lowest BCUT2D eigenvalue weighted by molar-refractivity contribution is -0.121. The van der Waals surface area contributed by atoms with Gasteiger partial charge < -0.3 is 15.1 Å². The van der Waals surface area contributed by atoms with Crippen LogP contribution in [0.1, 0.15) is 59.0 Å². The second-order valence-electron chi connectivity index (χ2n) is 9.64. The number of amides is 1. The highest BCUT2D eigenvalue weighted by Crippen LogP contribution is 2.32. The number of rotatable bonds is 7. The van der Waals surface area contributed by atoms with E-state index < -0.39 is 0 Å². The summed E-state index contributed by atoms with van der Waals surface area (Å²) in [6.07, 6.45) is 11.9. The molecule has 0 unspecified atom stereocenters. The number of aryl methyl sites for hydroxylation is 1. The molecule has 2 aromatic rings. The number of fused-ring (bicyclic) bond motifs is 1. The van der Waals surface area contributed by atoms with E-state index in [-0.39, 0.29) is 5.91 Å². The Labute approximate surface area is 199 Å². The first-order valence-corrected chi connectivity index (χ1v) is 13.9. The molecule has 5 rings (SSSR count). The minimum absolute atomic E-state index is 0.153. The first kappa shape index (κ1) is 22.3. The Morgan fingerprint density at radius 2 is 1.94 bits per heavy atom. The van der Waals surface area contributed by atoms with Crippen LogP contribution in [0.5, 0.6) is 0 Å². The summed E-state index contributed by atoms with van der Waals surface area (Å²) in [6.45, 7) is 7.90. The zero-order chi connectivity index (χ0) is 21.9. The third-order valence-electron chi connectivity index (χ3n) is 7.28. The van der Waals surface area contributed by atoms with Crippen molar-refractivity contribution in [1.29, 1.82) is 0 Å². The van der Waals surface area contributed by atoms with E-state index in [1.54, 1.807) is 11.3 Å². The molecule has 0 spiro atoms. The molecule has 0 bridgehead atoms. The first-order chi connectivity index (χ1) is 15.6. The number of carbonyl (C=O) groups is 1. The SMILES string of the molecule is Cc1ncc(CC(=O)N[C@H]2CC[C@H](CCN3CCc4nc(N5CCC5)sc4CC3)CC2)s1. The molecule has 2 fully saturated rings. The highest BCUT2D eigenvalue weighted by molar-refractivity contribution is 7.15. The van der Waals surface area contributed by atoms with Crippen molar-refractivity contribution in [2.45, 2.75) is 70.8 Å². The van der Waals surface area contributed by atoms with Crippen LogP contribution in [0.3, 0.4) is 0 Å². The zero-order valence-electron chi connectivity index (χ0n) is 19.1. The summed E-state index contributed by atoms with van der Waals surface area (Å²) >= 11 is 3.56. The number of hydrogen-bond donors (Lipinski definition) is 1. The number of nitrogens with zero attached hydrogens (tertiary/aromatic N) is 4. The number of hydrogen-bond acceptors (Lipinski definition) is 7. The summed E-state index contributed by atoms with van der Waals surface area (Å²) in [5, 5.41) is 5.55. The molecular weight excluding hydrogens is 438 g/mol. The van der Waals surface area contributed by atoms with Crippen molar-refractivity contribution in [2.24, 2.45) is 5.92 Å². The molecule has 2 aromatic heterocycles. The molecule has 1 amide bonds. The lowest BCUT2D eigenvalue weighted by Gasteiger charge is -2.31. The van der Waals surface area contributed by atoms with E-state index in [4.69, 9.17) is 4.98 Å². The number of nitrogens with one attached hydrogen (secondary N) is 1. The predicted octanol–water partition coefficient (Wildman–Crippen LogP) is 3.83. The fourth-order valence-electron chi connectivity index (χ4n) is 5.15. The highest BCUT2D eigenvalue weighted by Gasteiger charge is 2.25. The van der Waals surface area contributed by atoms with Gasteiger partial charge in [-0.05, 0) is 64.3 Å². The van der Waals surface area contributed by atoms with E-state index >= 15 is 0 Å². The maximum Gasteiger partial charge on any atom is 0.225 e. The summed E-state index contributed by atoms with van der Waals surface area (Å²) in [7, 11) is 0. The second kappa shape index (κ2) is 10.2. The topological polar surface area (TPSA) is 61.4 Å². The Kier molecular flexibility index (Phi) is 7.09. The average molecular weight is 474 g/mol. The van der Waals surface area contributed by atoms with Crippen LogP contribution in [0.2, 0.25) is 0 Å². The van der Waals surface area contributed by atoms with Gasteiger partial charge in [0.25, 0.3) is 0 Å². The fourth-order valence-corrected chi connectivity index (χ4v) is 7.09. The molecule has 4 heterocycles. The lowest BCUT2D eigenvalue weighted by Crippen LogP contribution is -2.39. The molecule has 6 nitrogen and oxygen atoms in total. The molecule has 3 aliphatic rings. The van der Waals surface area contributed by atoms with Gasteiger partial charge in [-0.1, -0.05) is 0 Å². The smallest absolute Gasteiger partial charge is 0.225 e. The summed E-state index contributed by atoms with van der Waals surface area (Å²) in [5.41, 5.74) is 1.36. The van der Waals surface area contributed by atoms with Crippen LogP contribution >= 0.6 is 22.7 Å². The minimum Gasteiger partial charge on any atom is -0.353 e. The van der Waals surface area contributed by atoms with Crippen molar-refractivity contribution in [3.05, 3.63) is 26.7 Å². The molecule has 1 saturated heterocycles. The predicted molar refractivity (Wildman–Crippen MR) is 132 cm³/mol. The lowest BCUT2D eigenvalue weighted by atomic mass is 9.84. The molecule has 174 valence electrons. The van der Waals surface area contributed by atoms with E-state index in [2.05, 4.69) is 20.1 Å². The van der Waals surface area contributed by atoms with Crippen LogP contribution in [0, 0.1) is 12.8 Å². The second-order valence-corrected chi connectivity index (χ2v) is 12.0. The van der Waals surface area contributed by atoms with Gasteiger partial charge in [-0.25, -0.2) is 9.97 Å². The Morgan fingerprint density at radius 1 is 1.12 bits per heavy atom. The number of anilines is 1. The summed E-state index contributed by atoms with van der Waals surface area (Å²) in [5.74, 6) is 0.959. The van der Waals surface area contributed by atoms with E-state index in [0.717, 1.165) is 41.6 Å². The van der Waals surface area contributed by atoms with Crippen LogP contribution in [-0.2, 0) is 24.1 Å². The summed E-state index contributed by atoms with van der Waals surface area (Å²) in [4.78, 5) is 29.2. The van der Waals surface area contributed by atoms with Gasteiger partial charge in [0, 0.05) is 54.6 Å². The largest absolute Gasteiger partial charge is 0.353 e. The molecule has 1 saturated carbocycles. The van der Waals surface area contributed by atoms with Gasteiger partial charge >= 0.3 is 0 Å². The normalized spacial score (nSPS) is 24.0. The Hall–Kier alpha value is -1.51. The maximum absolute atomic E-state index is 12.3. The molecule has 1 aliphatic carbocycles. The molecule has 8 heteroatoms. The van der Waals surface area contributed by atoms with E-state index in [1.807, 2.05) is 24.5 Å². The molecule has 1 N–H and O–H groups in total. The first-order valence-electron chi connectivity index (χ1n) is 12.3. The van der Waals surface area contributed by atoms with E-state index in [1.165, 1.54) is 74.0 Å². The highest BCUT2D eigenvalue weighted by atomic mass is 32.1. The fraction of sp³-hybridized carbons (Fsp3) is 0.708. The molecule has 0 atom stereocenters. The van der Waals surface area contributed by atoms with Crippen LogP contribution in [0.15, 0.2) is 6.20 Å². The van der Waals surface area contributed by atoms with Gasteiger partial charge in [-0.3, -0.25) is 4.79 Å². The average Bonchev–Trinajstić information content (AvgIpc) is 3.27. The Balaban J connectivity index is 1.00. The van der Waals surface area contributed by atoms with Gasteiger partial charge in [0.1, 0.15) is 0 Å². The van der Waals surface area contributed by atoms with Gasteiger partial charge in [0.15, 0.2) is 5.13 Å². The van der Waals surface area contributed by atoms with Gasteiger partial charge in [0.2, 0.25) is 5.91 Å². The minimum atomic E-state index is 0.153. The molecule has 0 radical (unpaired) electrons. The summed E-state index contributed by atoms with van der Waals surface area (Å²) in [6, 6.07) is 0.355. The van der Waals surface area contributed by atoms with Crippen LogP contribution in [0.4, 0.5) is 5.13 Å². The van der Waals surface area contributed by atoms with Crippen molar-refractivity contribution >= 4 is 33.7 Å². The van der Waals surface area contributed by atoms with Crippen molar-refractivity contribution in [3.8, 4) is 0 Å². The Morgan fingerprint density at radius 3 is 2.66 bits per heavy atom. The van der Waals surface area contributed by atoms with E-state index in [0.29, 0.717) is 12.5 Å². The zero-order valence-corrected chi connectivity index (χ0v) is 20.8. The molecule has 0 aromatic carbocycles. The maximum atomic E-state index is 12.3. The van der Waals surface area contributed by atoms with Crippen LogP contribution in [-0.4, -0.2) is 59.5 Å². The Bertz CT molecular complexity index is 888. The molecule has 2 aliphatic heterocycles. The molecule has 32 heavy (non-hydrogen) atoms. The third-order valence-corrected chi connectivity index (χ3v) is 9.41. The molecular formula is C24H35N5OS2. The number of thiazole rings is 2. The number of carbonyl (C=O) groups excluding carboxylic acids is 1. The van der Waals surface area contributed by atoms with Gasteiger partial charge in [0.05, 0.1) is 17.1 Å². The standard InChI is InChI=1S/C24H35N5OS2/c1-17-25-16-20(31-17)15-23(30)26-19-5-3-18(4-6-19)7-12-28-13-8-21-22(9-14-28)32-24(27-21)29-10-2-11-29/h16,18-19H,2-15H2,1H3,(H,26,30)/t18-,19-. The monoisotopic (exact) mass is 473 g/mol. The summed E-state index contributed by atoms with van der Waals surface area (Å²) < 4.78 is 0. The number of aromatic nitrogens is 2. The van der Waals surface area contributed by atoms with Crippen molar-refractivity contribution in [1.82, 2.24) is 20.2 Å². The van der Waals surface area contributed by atoms with E-state index in [9.17, 15) is 4.79 Å². The van der Waals surface area contributed by atoms with Gasteiger partial charge in [-0.15, -0.1) is 22.7 Å². The van der Waals surface area contributed by atoms with Crippen molar-refractivity contribution in [3.63, 3.8) is 0 Å². The van der Waals surface area contributed by atoms with Crippen LogP contribution < -0.4 is 10.2 Å². The van der Waals surface area contributed by atoms with Crippen LogP contribution in [0.25, 0.3) is 0 Å².